The third kappa shape index (κ3) is 3.85. The molecule has 0 spiro atoms. The summed E-state index contributed by atoms with van der Waals surface area (Å²) < 4.78 is 46.4. The molecule has 3 aliphatic heterocycles. The van der Waals surface area contributed by atoms with Gasteiger partial charge in [-0.15, -0.1) is 0 Å². The first-order valence-corrected chi connectivity index (χ1v) is 12.5. The molecular formula is C24H25NO7S. The zero-order valence-electron chi connectivity index (χ0n) is 18.7. The van der Waals surface area contributed by atoms with E-state index in [9.17, 15) is 13.2 Å². The maximum absolute atomic E-state index is 13.2. The fourth-order valence-electron chi connectivity index (χ4n) is 4.64. The van der Waals surface area contributed by atoms with Crippen LogP contribution in [0.1, 0.15) is 33.5 Å². The number of ether oxygens (including phenoxy) is 4. The molecule has 3 aliphatic rings. The van der Waals surface area contributed by atoms with Gasteiger partial charge in [-0.3, -0.25) is 9.69 Å². The van der Waals surface area contributed by atoms with Crippen molar-refractivity contribution < 1.29 is 32.2 Å². The van der Waals surface area contributed by atoms with Crippen LogP contribution in [-0.2, 0) is 16.4 Å². The Bertz CT molecular complexity index is 1280. The second-order valence-corrected chi connectivity index (χ2v) is 10.7. The predicted molar refractivity (Wildman–Crippen MR) is 122 cm³/mol. The number of fused-ring (bicyclic) bond motifs is 2. The molecule has 0 radical (unpaired) electrons. The van der Waals surface area contributed by atoms with Gasteiger partial charge in [-0.25, -0.2) is 8.42 Å². The highest BCUT2D eigenvalue weighted by Gasteiger charge is 2.37. The maximum atomic E-state index is 13.2. The van der Waals surface area contributed by atoms with Crippen LogP contribution in [0.3, 0.4) is 0 Å². The Morgan fingerprint density at radius 3 is 2.67 bits per heavy atom. The summed E-state index contributed by atoms with van der Waals surface area (Å²) >= 11 is 0. The Morgan fingerprint density at radius 2 is 1.97 bits per heavy atom. The molecule has 0 bridgehead atoms. The van der Waals surface area contributed by atoms with Gasteiger partial charge in [-0.05, 0) is 37.6 Å². The molecule has 0 N–H and O–H groups in total. The second-order valence-electron chi connectivity index (χ2n) is 8.49. The van der Waals surface area contributed by atoms with Crippen LogP contribution in [0.15, 0.2) is 30.0 Å². The summed E-state index contributed by atoms with van der Waals surface area (Å²) in [5.74, 6) is 2.75. The molecule has 2 aromatic rings. The zero-order chi connectivity index (χ0) is 23.3. The number of nitrogens with zero attached hydrogens (tertiary/aromatic N) is 1. The lowest BCUT2D eigenvalue weighted by Gasteiger charge is -2.33. The average molecular weight is 472 g/mol. The number of Topliss-reactive ketones (excluding diaryl/α,β-unsaturated/α-hetero) is 1. The van der Waals surface area contributed by atoms with Crippen LogP contribution in [0.2, 0.25) is 0 Å². The van der Waals surface area contributed by atoms with Gasteiger partial charge >= 0.3 is 0 Å². The topological polar surface area (TPSA) is 91.4 Å². The summed E-state index contributed by atoms with van der Waals surface area (Å²) in [7, 11) is 0.138. The molecule has 33 heavy (non-hydrogen) atoms. The van der Waals surface area contributed by atoms with Crippen molar-refractivity contribution in [1.82, 2.24) is 4.90 Å². The number of ketones is 1. The Kier molecular flexibility index (Phi) is 5.33. The third-order valence-electron chi connectivity index (χ3n) is 6.42. The summed E-state index contributed by atoms with van der Waals surface area (Å²) in [5.41, 5.74) is 2.80. The predicted octanol–water partition coefficient (Wildman–Crippen LogP) is 2.97. The van der Waals surface area contributed by atoms with Gasteiger partial charge in [0.2, 0.25) is 5.78 Å². The molecule has 3 heterocycles. The number of rotatable bonds is 4. The largest absolute Gasteiger partial charge is 0.497 e. The summed E-state index contributed by atoms with van der Waals surface area (Å²) in [6.45, 7) is 2.71. The molecule has 1 unspecified atom stereocenters. The van der Waals surface area contributed by atoms with Crippen molar-refractivity contribution in [2.24, 2.45) is 0 Å². The first-order valence-electron chi connectivity index (χ1n) is 10.7. The van der Waals surface area contributed by atoms with E-state index in [4.69, 9.17) is 18.9 Å². The van der Waals surface area contributed by atoms with E-state index in [2.05, 4.69) is 0 Å². The summed E-state index contributed by atoms with van der Waals surface area (Å²) in [6, 6.07) is 7.08. The molecule has 2 aromatic carbocycles. The highest BCUT2D eigenvalue weighted by molar-refractivity contribution is 7.91. The Hall–Kier alpha value is -3.04. The van der Waals surface area contributed by atoms with E-state index in [0.717, 1.165) is 11.1 Å². The molecule has 5 rings (SSSR count). The van der Waals surface area contributed by atoms with E-state index in [1.165, 1.54) is 0 Å². The lowest BCUT2D eigenvalue weighted by atomic mass is 9.99. The molecule has 1 atom stereocenters. The van der Waals surface area contributed by atoms with Crippen molar-refractivity contribution >= 4 is 21.7 Å². The van der Waals surface area contributed by atoms with E-state index in [-0.39, 0.29) is 29.1 Å². The number of hydrogen-bond acceptors (Lipinski definition) is 8. The Labute approximate surface area is 192 Å². The Balaban J connectivity index is 1.45. The van der Waals surface area contributed by atoms with Crippen molar-refractivity contribution in [3.05, 3.63) is 52.3 Å². The van der Waals surface area contributed by atoms with Gasteiger partial charge in [0.25, 0.3) is 0 Å². The minimum Gasteiger partial charge on any atom is -0.497 e. The molecule has 1 fully saturated rings. The standard InChI is InChI=1S/C24H25NO7S/c1-14-23-16(11-25(13-31-23)17-6-7-33(27,28)12-17)8-19-22(26)21(32-24(14)19)9-15-4-5-18(29-2)10-20(15)30-3/h4-5,8-10,17H,6-7,11-13H2,1-3H3. The zero-order valence-corrected chi connectivity index (χ0v) is 19.5. The van der Waals surface area contributed by atoms with Crippen LogP contribution < -0.4 is 18.9 Å². The van der Waals surface area contributed by atoms with E-state index in [1.54, 1.807) is 38.5 Å². The second kappa shape index (κ2) is 8.07. The van der Waals surface area contributed by atoms with Gasteiger partial charge in [0.1, 0.15) is 29.7 Å². The fraction of sp³-hybridized carbons (Fsp3) is 0.375. The van der Waals surface area contributed by atoms with Crippen molar-refractivity contribution in [1.29, 1.82) is 0 Å². The van der Waals surface area contributed by atoms with E-state index in [1.807, 2.05) is 17.9 Å². The van der Waals surface area contributed by atoms with Crippen LogP contribution in [0.25, 0.3) is 6.08 Å². The summed E-state index contributed by atoms with van der Waals surface area (Å²) in [6.07, 6.45) is 2.26. The smallest absolute Gasteiger partial charge is 0.231 e. The normalized spacial score (nSPS) is 22.5. The molecule has 0 aliphatic carbocycles. The number of methoxy groups -OCH3 is 2. The van der Waals surface area contributed by atoms with Gasteiger partial charge in [-0.1, -0.05) is 0 Å². The summed E-state index contributed by atoms with van der Waals surface area (Å²) in [5, 5.41) is 0. The lowest BCUT2D eigenvalue weighted by Crippen LogP contribution is -2.41. The lowest BCUT2D eigenvalue weighted by molar-refractivity contribution is 0.0637. The quantitative estimate of drug-likeness (QED) is 0.629. The molecule has 0 aromatic heterocycles. The van der Waals surface area contributed by atoms with Crippen LogP contribution in [0.4, 0.5) is 0 Å². The van der Waals surface area contributed by atoms with Crippen LogP contribution >= 0.6 is 0 Å². The van der Waals surface area contributed by atoms with E-state index < -0.39 is 9.84 Å². The Morgan fingerprint density at radius 1 is 1.15 bits per heavy atom. The molecule has 174 valence electrons. The highest BCUT2D eigenvalue weighted by atomic mass is 32.2. The van der Waals surface area contributed by atoms with Gasteiger partial charge < -0.3 is 18.9 Å². The molecule has 9 heteroatoms. The van der Waals surface area contributed by atoms with Crippen molar-refractivity contribution in [3.63, 3.8) is 0 Å². The average Bonchev–Trinajstić information content (AvgIpc) is 3.33. The number of benzene rings is 2. The number of hydrogen-bond donors (Lipinski definition) is 0. The van der Waals surface area contributed by atoms with Crippen LogP contribution in [-0.4, -0.2) is 57.6 Å². The summed E-state index contributed by atoms with van der Waals surface area (Å²) in [4.78, 5) is 15.2. The highest BCUT2D eigenvalue weighted by Crippen LogP contribution is 2.44. The van der Waals surface area contributed by atoms with Gasteiger partial charge in [0.15, 0.2) is 15.6 Å². The van der Waals surface area contributed by atoms with Crippen LogP contribution in [0, 0.1) is 6.92 Å². The number of carbonyl (C=O) groups is 1. The van der Waals surface area contributed by atoms with Gasteiger partial charge in [-0.2, -0.15) is 0 Å². The van der Waals surface area contributed by atoms with Crippen molar-refractivity contribution in [2.45, 2.75) is 25.9 Å². The van der Waals surface area contributed by atoms with Crippen molar-refractivity contribution in [2.75, 3.05) is 32.5 Å². The number of carbonyl (C=O) groups excluding carboxylic acids is 1. The minimum absolute atomic E-state index is 0.0679. The molecule has 1 saturated heterocycles. The molecule has 0 amide bonds. The third-order valence-corrected chi connectivity index (χ3v) is 8.17. The first-order chi connectivity index (χ1) is 15.8. The van der Waals surface area contributed by atoms with E-state index >= 15 is 0 Å². The first kappa shape index (κ1) is 21.8. The maximum Gasteiger partial charge on any atom is 0.231 e. The molecular weight excluding hydrogens is 446 g/mol. The van der Waals surface area contributed by atoms with Crippen LogP contribution in [0.5, 0.6) is 23.0 Å². The molecule has 0 saturated carbocycles. The number of allylic oxidation sites excluding steroid dienone is 1. The number of sulfone groups is 1. The van der Waals surface area contributed by atoms with Gasteiger partial charge in [0.05, 0.1) is 31.3 Å². The van der Waals surface area contributed by atoms with E-state index in [0.29, 0.717) is 53.8 Å². The minimum atomic E-state index is -2.99. The SMILES string of the molecule is COc1ccc(C=C2Oc3c(cc4c(c3C)OCN(C3CCS(=O)(=O)C3)C4)C2=O)c(OC)c1. The monoisotopic (exact) mass is 471 g/mol. The van der Waals surface area contributed by atoms with Gasteiger partial charge in [0, 0.05) is 35.3 Å². The molecule has 8 nitrogen and oxygen atoms in total. The van der Waals surface area contributed by atoms with Crippen molar-refractivity contribution in [3.8, 4) is 23.0 Å². The fourth-order valence-corrected chi connectivity index (χ4v) is 6.40.